The zero-order valence-corrected chi connectivity index (χ0v) is 22.6. The van der Waals surface area contributed by atoms with Gasteiger partial charge in [0.1, 0.15) is 29.2 Å². The molecule has 2 aliphatic heterocycles. The Kier molecular flexibility index (Phi) is 7.28. The molecule has 2 fully saturated rings. The fourth-order valence-corrected chi connectivity index (χ4v) is 6.62. The van der Waals surface area contributed by atoms with E-state index in [1.54, 1.807) is 52.7 Å². The summed E-state index contributed by atoms with van der Waals surface area (Å²) in [5.74, 6) is 0.143. The normalized spacial score (nSPS) is 22.0. The van der Waals surface area contributed by atoms with Gasteiger partial charge in [-0.25, -0.2) is 4.68 Å². The van der Waals surface area contributed by atoms with E-state index in [9.17, 15) is 14.4 Å². The van der Waals surface area contributed by atoms with Crippen molar-refractivity contribution in [3.8, 4) is 5.75 Å². The number of benzene rings is 2. The second kappa shape index (κ2) is 10.7. The van der Waals surface area contributed by atoms with Crippen LogP contribution in [0.25, 0.3) is 0 Å². The Morgan fingerprint density at radius 2 is 1.87 bits per heavy atom. The van der Waals surface area contributed by atoms with Gasteiger partial charge in [-0.3, -0.25) is 14.4 Å². The zero-order chi connectivity index (χ0) is 27.7. The highest BCUT2D eigenvalue weighted by molar-refractivity contribution is 8.01. The first kappa shape index (κ1) is 26.6. The molecule has 2 aromatic carbocycles. The number of carbonyl (C=O) groups is 3. The van der Waals surface area contributed by atoms with E-state index in [-0.39, 0.29) is 17.8 Å². The summed E-state index contributed by atoms with van der Waals surface area (Å²) in [6.07, 6.45) is 0. The van der Waals surface area contributed by atoms with Gasteiger partial charge in [0.05, 0.1) is 20.2 Å². The lowest BCUT2D eigenvalue weighted by Crippen LogP contribution is -2.68. The molecule has 0 radical (unpaired) electrons. The van der Waals surface area contributed by atoms with Crippen LogP contribution in [0.15, 0.2) is 54.6 Å². The molecule has 0 aliphatic carbocycles. The molecule has 0 spiro atoms. The Morgan fingerprint density at radius 1 is 1.15 bits per heavy atom. The summed E-state index contributed by atoms with van der Waals surface area (Å²) in [5.41, 5.74) is 7.04. The first-order chi connectivity index (χ1) is 18.7. The number of amides is 3. The third-order valence-corrected chi connectivity index (χ3v) is 8.49. The van der Waals surface area contributed by atoms with Gasteiger partial charge in [0.2, 0.25) is 17.7 Å². The van der Waals surface area contributed by atoms with Crippen molar-refractivity contribution >= 4 is 29.5 Å². The van der Waals surface area contributed by atoms with Gasteiger partial charge in [0.15, 0.2) is 5.82 Å². The van der Waals surface area contributed by atoms with E-state index in [4.69, 9.17) is 10.5 Å². The predicted octanol–water partition coefficient (Wildman–Crippen LogP) is 0.766. The minimum Gasteiger partial charge on any atom is -0.497 e. The van der Waals surface area contributed by atoms with Crippen LogP contribution in [0.2, 0.25) is 0 Å². The third-order valence-electron chi connectivity index (χ3n) is 6.92. The average molecular weight is 551 g/mol. The summed E-state index contributed by atoms with van der Waals surface area (Å²) < 4.78 is 6.50. The number of hydrogen-bond donors (Lipinski definition) is 3. The zero-order valence-electron chi connectivity index (χ0n) is 21.8. The number of thioether (sulfide) groups is 1. The highest BCUT2D eigenvalue weighted by Gasteiger charge is 2.63. The molecule has 0 saturated carbocycles. The maximum Gasteiger partial charge on any atom is 0.249 e. The van der Waals surface area contributed by atoms with E-state index in [0.29, 0.717) is 17.9 Å². The van der Waals surface area contributed by atoms with Gasteiger partial charge in [0.25, 0.3) is 0 Å². The van der Waals surface area contributed by atoms with Crippen LogP contribution >= 0.6 is 11.8 Å². The van der Waals surface area contributed by atoms with Gasteiger partial charge in [0, 0.05) is 4.75 Å². The van der Waals surface area contributed by atoms with Gasteiger partial charge in [-0.05, 0) is 47.5 Å². The van der Waals surface area contributed by atoms with Crippen LogP contribution in [0.5, 0.6) is 5.75 Å². The maximum atomic E-state index is 13.4. The quantitative estimate of drug-likeness (QED) is 0.327. The summed E-state index contributed by atoms with van der Waals surface area (Å²) >= 11 is 1.58. The standard InChI is InChI=1S/C26H30N8O4S/c1-26(2)21(22-30-31-32-33(22)14-15-9-11-17(38-3)12-10-15)34-24(37)20(25(34)39-26)29-23(36)19(28-18(35)13-27)16-7-5-4-6-8-16/h4-12,19-21,25H,13-14,27H2,1-3H3,(H,28,35)(H,29,36). The molecule has 12 nitrogen and oxygen atoms in total. The van der Waals surface area contributed by atoms with E-state index in [1.807, 2.05) is 44.2 Å². The molecule has 5 rings (SSSR count). The van der Waals surface area contributed by atoms with E-state index in [0.717, 1.165) is 11.3 Å². The second-order valence-corrected chi connectivity index (χ2v) is 11.7. The lowest BCUT2D eigenvalue weighted by atomic mass is 9.94. The van der Waals surface area contributed by atoms with Crippen molar-refractivity contribution in [2.75, 3.05) is 13.7 Å². The lowest BCUT2D eigenvalue weighted by Gasteiger charge is -2.44. The fourth-order valence-electron chi connectivity index (χ4n) is 4.99. The molecule has 4 N–H and O–H groups in total. The largest absolute Gasteiger partial charge is 0.497 e. The average Bonchev–Trinajstić information content (AvgIpc) is 3.49. The number of nitrogens with one attached hydrogen (secondary N) is 2. The fraction of sp³-hybridized carbons (Fsp3) is 0.385. The Morgan fingerprint density at radius 3 is 2.54 bits per heavy atom. The number of hydrogen-bond acceptors (Lipinski definition) is 9. The van der Waals surface area contributed by atoms with Crippen LogP contribution < -0.4 is 21.1 Å². The molecule has 3 heterocycles. The molecule has 2 saturated heterocycles. The van der Waals surface area contributed by atoms with E-state index >= 15 is 0 Å². The minimum atomic E-state index is -0.976. The van der Waals surface area contributed by atoms with Crippen molar-refractivity contribution in [1.82, 2.24) is 35.7 Å². The molecular weight excluding hydrogens is 520 g/mol. The molecule has 3 aromatic rings. The summed E-state index contributed by atoms with van der Waals surface area (Å²) in [6, 6.07) is 14.3. The second-order valence-electron chi connectivity index (χ2n) is 9.90. The summed E-state index contributed by atoms with van der Waals surface area (Å²) in [5, 5.41) is 17.6. The highest BCUT2D eigenvalue weighted by Crippen LogP contribution is 2.57. The monoisotopic (exact) mass is 550 g/mol. The molecular formula is C26H30N8O4S. The smallest absolute Gasteiger partial charge is 0.249 e. The molecule has 3 amide bonds. The molecule has 1 aromatic heterocycles. The number of fused-ring (bicyclic) bond motifs is 1. The van der Waals surface area contributed by atoms with Crippen molar-refractivity contribution < 1.29 is 19.1 Å². The van der Waals surface area contributed by atoms with Crippen LogP contribution in [0.4, 0.5) is 0 Å². The number of rotatable bonds is 9. The number of carbonyl (C=O) groups excluding carboxylic acids is 3. The minimum absolute atomic E-state index is 0.229. The number of methoxy groups -OCH3 is 1. The summed E-state index contributed by atoms with van der Waals surface area (Å²) in [4.78, 5) is 40.5. The predicted molar refractivity (Wildman–Crippen MR) is 143 cm³/mol. The Labute approximate surface area is 229 Å². The Bertz CT molecular complexity index is 1360. The molecule has 39 heavy (non-hydrogen) atoms. The van der Waals surface area contributed by atoms with Crippen LogP contribution in [0.1, 0.15) is 42.9 Å². The number of β-lactam (4-membered cyclic amide) rings is 1. The summed E-state index contributed by atoms with van der Waals surface area (Å²) in [7, 11) is 1.61. The van der Waals surface area contributed by atoms with Crippen molar-refractivity contribution in [1.29, 1.82) is 0 Å². The number of nitrogens with two attached hydrogens (primary N) is 1. The molecule has 0 bridgehead atoms. The number of ether oxygens (including phenoxy) is 1. The molecule has 13 heteroatoms. The molecule has 4 unspecified atom stereocenters. The summed E-state index contributed by atoms with van der Waals surface area (Å²) in [6.45, 7) is 4.24. The SMILES string of the molecule is COc1ccc(Cn2nnnc2C2N3C(=O)C(NC(=O)C(NC(=O)CN)c4ccccc4)C3SC2(C)C)cc1. The first-order valence-electron chi connectivity index (χ1n) is 12.5. The van der Waals surface area contributed by atoms with Crippen molar-refractivity contribution in [2.45, 2.75) is 48.6 Å². The van der Waals surface area contributed by atoms with Gasteiger partial charge in [-0.15, -0.1) is 16.9 Å². The van der Waals surface area contributed by atoms with E-state index in [1.165, 1.54) is 0 Å². The van der Waals surface area contributed by atoms with Crippen molar-refractivity contribution in [3.63, 3.8) is 0 Å². The van der Waals surface area contributed by atoms with Gasteiger partial charge in [-0.2, -0.15) is 0 Å². The van der Waals surface area contributed by atoms with E-state index in [2.05, 4.69) is 26.2 Å². The number of nitrogens with zero attached hydrogens (tertiary/aromatic N) is 5. The highest BCUT2D eigenvalue weighted by atomic mass is 32.2. The first-order valence-corrected chi connectivity index (χ1v) is 13.3. The number of aromatic nitrogens is 4. The molecule has 4 atom stereocenters. The molecule has 204 valence electrons. The number of tetrazole rings is 1. The van der Waals surface area contributed by atoms with Crippen LogP contribution in [0.3, 0.4) is 0 Å². The Hall–Kier alpha value is -3.97. The lowest BCUT2D eigenvalue weighted by molar-refractivity contribution is -0.152. The van der Waals surface area contributed by atoms with Gasteiger partial charge in [-0.1, -0.05) is 42.5 Å². The van der Waals surface area contributed by atoms with Crippen molar-refractivity contribution in [3.05, 3.63) is 71.5 Å². The van der Waals surface area contributed by atoms with Crippen LogP contribution in [-0.2, 0) is 20.9 Å². The topological polar surface area (TPSA) is 157 Å². The van der Waals surface area contributed by atoms with Gasteiger partial charge >= 0.3 is 0 Å². The third kappa shape index (κ3) is 5.06. The van der Waals surface area contributed by atoms with E-state index < -0.39 is 34.7 Å². The van der Waals surface area contributed by atoms with Gasteiger partial charge < -0.3 is 26.0 Å². The van der Waals surface area contributed by atoms with Crippen LogP contribution in [-0.4, -0.2) is 72.6 Å². The molecule has 2 aliphatic rings. The maximum absolute atomic E-state index is 13.4. The van der Waals surface area contributed by atoms with Crippen LogP contribution in [0, 0.1) is 0 Å². The van der Waals surface area contributed by atoms with Crippen molar-refractivity contribution in [2.24, 2.45) is 5.73 Å². The Balaban J connectivity index is 1.34.